The summed E-state index contributed by atoms with van der Waals surface area (Å²) >= 11 is 3.45. The summed E-state index contributed by atoms with van der Waals surface area (Å²) in [6.07, 6.45) is 9.07. The minimum absolute atomic E-state index is 0.00926. The van der Waals surface area contributed by atoms with Crippen LogP contribution in [0.3, 0.4) is 0 Å². The molecule has 5 heteroatoms. The molecule has 1 fully saturated rings. The second-order valence-electron chi connectivity index (χ2n) is 5.78. The first kappa shape index (κ1) is 14.6. The van der Waals surface area contributed by atoms with Crippen molar-refractivity contribution in [2.24, 2.45) is 0 Å². The van der Waals surface area contributed by atoms with Gasteiger partial charge in [-0.1, -0.05) is 25.7 Å². The highest BCUT2D eigenvalue weighted by molar-refractivity contribution is 9.10. The Morgan fingerprint density at radius 2 is 2.00 bits per heavy atom. The number of imidazole rings is 1. The Kier molecular flexibility index (Phi) is 4.29. The van der Waals surface area contributed by atoms with Crippen molar-refractivity contribution in [2.45, 2.75) is 51.5 Å². The first-order chi connectivity index (χ1) is 10.1. The van der Waals surface area contributed by atoms with Crippen LogP contribution in [0.1, 0.15) is 54.7 Å². The monoisotopic (exact) mass is 349 g/mol. The molecule has 1 saturated carbocycles. The van der Waals surface area contributed by atoms with Crippen LogP contribution in [0.4, 0.5) is 0 Å². The van der Waals surface area contributed by atoms with E-state index in [1.54, 1.807) is 0 Å². The first-order valence-electron chi connectivity index (χ1n) is 7.60. The number of hydrogen-bond donors (Lipinski definition) is 1. The van der Waals surface area contributed by atoms with Crippen LogP contribution < -0.4 is 5.32 Å². The average molecular weight is 350 g/mol. The van der Waals surface area contributed by atoms with Gasteiger partial charge in [-0.25, -0.2) is 4.98 Å². The number of aromatic nitrogens is 2. The van der Waals surface area contributed by atoms with Crippen LogP contribution in [0.2, 0.25) is 0 Å². The van der Waals surface area contributed by atoms with Gasteiger partial charge in [0.1, 0.15) is 11.3 Å². The van der Waals surface area contributed by atoms with Gasteiger partial charge in [0.25, 0.3) is 5.91 Å². The molecule has 1 aliphatic rings. The molecule has 1 amide bonds. The van der Waals surface area contributed by atoms with E-state index in [1.807, 2.05) is 29.7 Å². The number of nitrogens with one attached hydrogen (secondary N) is 1. The van der Waals surface area contributed by atoms with Crippen LogP contribution in [0.15, 0.2) is 22.8 Å². The molecule has 1 N–H and O–H groups in total. The number of nitrogens with zero attached hydrogens (tertiary/aromatic N) is 2. The Morgan fingerprint density at radius 1 is 1.29 bits per heavy atom. The SMILES string of the molecule is Cc1nc2ccc(Br)cn2c1C(=O)NC1CCCCCC1. The summed E-state index contributed by atoms with van der Waals surface area (Å²) in [5, 5.41) is 3.20. The molecule has 112 valence electrons. The minimum atomic E-state index is -0.00926. The minimum Gasteiger partial charge on any atom is -0.348 e. The van der Waals surface area contributed by atoms with Gasteiger partial charge in [-0.05, 0) is 47.8 Å². The Labute approximate surface area is 133 Å². The number of fused-ring (bicyclic) bond motifs is 1. The lowest BCUT2D eigenvalue weighted by Crippen LogP contribution is -2.35. The standard InChI is InChI=1S/C16H20BrN3O/c1-11-15(20-10-12(17)8-9-14(20)18-11)16(21)19-13-6-4-2-3-5-7-13/h8-10,13H,2-7H2,1H3,(H,19,21). The highest BCUT2D eigenvalue weighted by atomic mass is 79.9. The van der Waals surface area contributed by atoms with Crippen molar-refractivity contribution in [1.29, 1.82) is 0 Å². The Hall–Kier alpha value is -1.36. The zero-order valence-electron chi connectivity index (χ0n) is 12.2. The van der Waals surface area contributed by atoms with E-state index in [4.69, 9.17) is 0 Å². The van der Waals surface area contributed by atoms with Crippen LogP contribution >= 0.6 is 15.9 Å². The normalized spacial score (nSPS) is 16.9. The highest BCUT2D eigenvalue weighted by Crippen LogP contribution is 2.20. The fraction of sp³-hybridized carbons (Fsp3) is 0.500. The third kappa shape index (κ3) is 3.12. The van der Waals surface area contributed by atoms with Crippen molar-refractivity contribution in [3.05, 3.63) is 34.2 Å². The summed E-state index contributed by atoms with van der Waals surface area (Å²) in [6.45, 7) is 1.89. The van der Waals surface area contributed by atoms with Gasteiger partial charge >= 0.3 is 0 Å². The molecule has 0 radical (unpaired) electrons. The van der Waals surface area contributed by atoms with Crippen molar-refractivity contribution in [1.82, 2.24) is 14.7 Å². The molecule has 0 bridgehead atoms. The van der Waals surface area contributed by atoms with E-state index >= 15 is 0 Å². The summed E-state index contributed by atoms with van der Waals surface area (Å²) in [4.78, 5) is 17.1. The molecular weight excluding hydrogens is 330 g/mol. The summed E-state index contributed by atoms with van der Waals surface area (Å²) in [6, 6.07) is 4.16. The van der Waals surface area contributed by atoms with Gasteiger partial charge in [0.05, 0.1) is 5.69 Å². The maximum absolute atomic E-state index is 12.6. The zero-order chi connectivity index (χ0) is 14.8. The fourth-order valence-electron chi connectivity index (χ4n) is 3.09. The predicted octanol–water partition coefficient (Wildman–Crippen LogP) is 3.86. The van der Waals surface area contributed by atoms with Gasteiger partial charge in [0.15, 0.2) is 0 Å². The number of rotatable bonds is 2. The van der Waals surface area contributed by atoms with Crippen LogP contribution in [0.5, 0.6) is 0 Å². The third-order valence-electron chi connectivity index (χ3n) is 4.16. The predicted molar refractivity (Wildman–Crippen MR) is 86.6 cm³/mol. The molecule has 4 nitrogen and oxygen atoms in total. The Bertz CT molecular complexity index is 657. The van der Waals surface area contributed by atoms with Gasteiger partial charge in [-0.3, -0.25) is 9.20 Å². The molecule has 0 aliphatic heterocycles. The summed E-state index contributed by atoms with van der Waals surface area (Å²) in [7, 11) is 0. The molecule has 0 unspecified atom stereocenters. The number of carbonyl (C=O) groups excluding carboxylic acids is 1. The van der Waals surface area contributed by atoms with E-state index in [1.165, 1.54) is 25.7 Å². The van der Waals surface area contributed by atoms with Crippen LogP contribution in [-0.2, 0) is 0 Å². The van der Waals surface area contributed by atoms with Gasteiger partial charge in [-0.15, -0.1) is 0 Å². The quantitative estimate of drug-likeness (QED) is 0.836. The number of aryl methyl sites for hydroxylation is 1. The van der Waals surface area contributed by atoms with Crippen molar-refractivity contribution in [3.63, 3.8) is 0 Å². The van der Waals surface area contributed by atoms with Crippen molar-refractivity contribution in [3.8, 4) is 0 Å². The van der Waals surface area contributed by atoms with Crippen molar-refractivity contribution >= 4 is 27.5 Å². The summed E-state index contributed by atoms with van der Waals surface area (Å²) in [5.41, 5.74) is 2.23. The lowest BCUT2D eigenvalue weighted by atomic mass is 10.1. The molecule has 1 aliphatic carbocycles. The van der Waals surface area contributed by atoms with E-state index in [0.29, 0.717) is 11.7 Å². The number of carbonyl (C=O) groups is 1. The molecule has 3 rings (SSSR count). The van der Waals surface area contributed by atoms with Gasteiger partial charge in [-0.2, -0.15) is 0 Å². The lowest BCUT2D eigenvalue weighted by Gasteiger charge is -2.16. The van der Waals surface area contributed by atoms with Gasteiger partial charge in [0.2, 0.25) is 0 Å². The Morgan fingerprint density at radius 3 is 2.71 bits per heavy atom. The molecular formula is C16H20BrN3O. The molecule has 21 heavy (non-hydrogen) atoms. The molecule has 2 heterocycles. The molecule has 2 aromatic heterocycles. The number of pyridine rings is 1. The van der Waals surface area contributed by atoms with Crippen LogP contribution in [-0.4, -0.2) is 21.3 Å². The molecule has 0 aromatic carbocycles. The van der Waals surface area contributed by atoms with E-state index < -0.39 is 0 Å². The largest absolute Gasteiger partial charge is 0.348 e. The second-order valence-corrected chi connectivity index (χ2v) is 6.70. The third-order valence-corrected chi connectivity index (χ3v) is 4.63. The Balaban J connectivity index is 1.86. The van der Waals surface area contributed by atoms with Crippen molar-refractivity contribution in [2.75, 3.05) is 0 Å². The maximum Gasteiger partial charge on any atom is 0.270 e. The van der Waals surface area contributed by atoms with E-state index in [-0.39, 0.29) is 5.91 Å². The van der Waals surface area contributed by atoms with Crippen molar-refractivity contribution < 1.29 is 4.79 Å². The van der Waals surface area contributed by atoms with Gasteiger partial charge in [0, 0.05) is 16.7 Å². The molecule has 0 spiro atoms. The highest BCUT2D eigenvalue weighted by Gasteiger charge is 2.20. The average Bonchev–Trinajstić information content (AvgIpc) is 2.62. The number of halogens is 1. The van der Waals surface area contributed by atoms with Crippen LogP contribution in [0.25, 0.3) is 5.65 Å². The topological polar surface area (TPSA) is 46.4 Å². The first-order valence-corrected chi connectivity index (χ1v) is 8.39. The maximum atomic E-state index is 12.6. The summed E-state index contributed by atoms with van der Waals surface area (Å²) in [5.74, 6) is -0.00926. The van der Waals surface area contributed by atoms with E-state index in [0.717, 1.165) is 28.7 Å². The molecule has 0 atom stereocenters. The van der Waals surface area contributed by atoms with E-state index in [9.17, 15) is 4.79 Å². The summed E-state index contributed by atoms with van der Waals surface area (Å²) < 4.78 is 2.81. The second kappa shape index (κ2) is 6.18. The molecule has 0 saturated heterocycles. The fourth-order valence-corrected chi connectivity index (χ4v) is 3.42. The number of amides is 1. The smallest absolute Gasteiger partial charge is 0.270 e. The lowest BCUT2D eigenvalue weighted by molar-refractivity contribution is 0.0926. The van der Waals surface area contributed by atoms with E-state index in [2.05, 4.69) is 26.2 Å². The molecule has 2 aromatic rings. The zero-order valence-corrected chi connectivity index (χ0v) is 13.8. The van der Waals surface area contributed by atoms with Crippen LogP contribution in [0, 0.1) is 6.92 Å². The number of hydrogen-bond acceptors (Lipinski definition) is 2. The van der Waals surface area contributed by atoms with Gasteiger partial charge < -0.3 is 5.32 Å².